The van der Waals surface area contributed by atoms with Crippen LogP contribution in [-0.2, 0) is 46.6 Å². The Hall–Kier alpha value is -0.224. The van der Waals surface area contributed by atoms with E-state index in [0.717, 1.165) is 6.47 Å². The molecule has 0 spiro atoms. The predicted octanol–water partition coefficient (Wildman–Crippen LogP) is -0.733. The van der Waals surface area contributed by atoms with Crippen LogP contribution in [0, 0.1) is 0 Å². The zero-order chi connectivity index (χ0) is 6.24. The standard InChI is InChI=1S/CHO7.Co/c2-1-4-6-8-7-5-3;/h3H;/q-1;. The van der Waals surface area contributed by atoms with Gasteiger partial charge in [-0.3, -0.25) is 0 Å². The molecule has 0 saturated carbocycles. The van der Waals surface area contributed by atoms with Crippen molar-refractivity contribution in [2.24, 2.45) is 0 Å². The van der Waals surface area contributed by atoms with Gasteiger partial charge in [0, 0.05) is 21.8 Å². The first-order valence-corrected chi connectivity index (χ1v) is 1.26. The molecule has 9 heavy (non-hydrogen) atoms. The zero-order valence-electron chi connectivity index (χ0n) is 3.73. The van der Waals surface area contributed by atoms with E-state index in [4.69, 9.17) is 10.1 Å². The molecule has 1 N–H and O–H groups in total. The second kappa shape index (κ2) is 10.7. The van der Waals surface area contributed by atoms with E-state index < -0.39 is 0 Å². The molecule has 0 unspecified atom stereocenters. The van der Waals surface area contributed by atoms with Crippen LogP contribution in [0.1, 0.15) is 0 Å². The van der Waals surface area contributed by atoms with Crippen molar-refractivity contribution in [1.29, 1.82) is 0 Å². The van der Waals surface area contributed by atoms with E-state index in [1.165, 1.54) is 0 Å². The third kappa shape index (κ3) is 11.4. The molecule has 8 heteroatoms. The van der Waals surface area contributed by atoms with Crippen LogP contribution >= 0.6 is 0 Å². The van der Waals surface area contributed by atoms with Crippen molar-refractivity contribution in [2.75, 3.05) is 0 Å². The zero-order valence-corrected chi connectivity index (χ0v) is 4.77. The van der Waals surface area contributed by atoms with Crippen LogP contribution in [0.25, 0.3) is 0 Å². The SMILES string of the molecule is O=[C-]OOOOOO.[Co]. The third-order valence-electron chi connectivity index (χ3n) is 0.154. The van der Waals surface area contributed by atoms with Crippen molar-refractivity contribution in [3.63, 3.8) is 0 Å². The maximum absolute atomic E-state index is 9.06. The number of hydrogen-bond donors (Lipinski definition) is 1. The van der Waals surface area contributed by atoms with Gasteiger partial charge in [-0.1, -0.05) is 0 Å². The van der Waals surface area contributed by atoms with Crippen LogP contribution in [0.3, 0.4) is 0 Å². The van der Waals surface area contributed by atoms with Gasteiger partial charge in [0.25, 0.3) is 0 Å². The topological polar surface area (TPSA) is 83.5 Å². The van der Waals surface area contributed by atoms with Gasteiger partial charge >= 0.3 is 0 Å². The van der Waals surface area contributed by atoms with Crippen molar-refractivity contribution in [3.8, 4) is 0 Å². The molecular weight excluding hydrogens is 183 g/mol. The summed E-state index contributed by atoms with van der Waals surface area (Å²) in [7, 11) is 0. The van der Waals surface area contributed by atoms with Gasteiger partial charge in [0.05, 0.1) is 0 Å². The monoisotopic (exact) mass is 184 g/mol. The normalized spacial score (nSPS) is 7.67. The van der Waals surface area contributed by atoms with E-state index >= 15 is 0 Å². The van der Waals surface area contributed by atoms with Crippen molar-refractivity contribution < 1.29 is 51.9 Å². The molecule has 0 atom stereocenters. The van der Waals surface area contributed by atoms with Crippen LogP contribution in [0.4, 0.5) is 0 Å². The van der Waals surface area contributed by atoms with Crippen molar-refractivity contribution in [1.82, 2.24) is 0 Å². The van der Waals surface area contributed by atoms with E-state index in [-0.39, 0.29) is 16.8 Å². The number of carbonyl (C=O) groups excluding carboxylic acids is 1. The first-order valence-electron chi connectivity index (χ1n) is 1.26. The van der Waals surface area contributed by atoms with Crippen LogP contribution in [0.5, 0.6) is 0 Å². The number of hydrogen-bond acceptors (Lipinski definition) is 7. The molecule has 1 radical (unpaired) electrons. The molecule has 0 bridgehead atoms. The minimum atomic E-state index is 0. The first kappa shape index (κ1) is 11.6. The van der Waals surface area contributed by atoms with Gasteiger partial charge in [0.1, 0.15) is 0 Å². The maximum Gasteiger partial charge on any atom is 0.00477 e. The van der Waals surface area contributed by atoms with Gasteiger partial charge in [-0.25, -0.2) is 5.26 Å². The van der Waals surface area contributed by atoms with Gasteiger partial charge in [-0.2, -0.15) is 0 Å². The Morgan fingerprint density at radius 2 is 1.89 bits per heavy atom. The van der Waals surface area contributed by atoms with E-state index in [1.807, 2.05) is 0 Å². The summed E-state index contributed by atoms with van der Waals surface area (Å²) in [6.07, 6.45) is 0. The fraction of sp³-hybridized carbons (Fsp3) is 0. The van der Waals surface area contributed by atoms with E-state index in [2.05, 4.69) is 25.0 Å². The van der Waals surface area contributed by atoms with Crippen molar-refractivity contribution in [3.05, 3.63) is 0 Å². The van der Waals surface area contributed by atoms with Gasteiger partial charge in [-0.15, -0.1) is 0 Å². The van der Waals surface area contributed by atoms with Crippen LogP contribution < -0.4 is 0 Å². The molecule has 0 saturated heterocycles. The Morgan fingerprint density at radius 3 is 2.33 bits per heavy atom. The molecule has 0 heterocycles. The first-order chi connectivity index (χ1) is 3.91. The largest absolute Gasteiger partial charge is 0.495 e. The van der Waals surface area contributed by atoms with E-state index in [0.29, 0.717) is 0 Å². The van der Waals surface area contributed by atoms with Gasteiger partial charge in [0.15, 0.2) is 0 Å². The van der Waals surface area contributed by atoms with Crippen molar-refractivity contribution >= 4 is 6.47 Å². The molecule has 0 aromatic heterocycles. The molecule has 0 aliphatic rings. The van der Waals surface area contributed by atoms with E-state index in [1.54, 1.807) is 0 Å². The molecule has 7 nitrogen and oxygen atoms in total. The average molecular weight is 184 g/mol. The summed E-state index contributed by atoms with van der Waals surface area (Å²) in [5, 5.41) is 19.8. The van der Waals surface area contributed by atoms with Gasteiger partial charge in [-0.05, 0) is 21.6 Å². The quantitative estimate of drug-likeness (QED) is 0.261. The summed E-state index contributed by atoms with van der Waals surface area (Å²) in [6.45, 7) is 0.812. The van der Waals surface area contributed by atoms with Crippen molar-refractivity contribution in [2.45, 2.75) is 0 Å². The Balaban J connectivity index is 0. The second-order valence-electron chi connectivity index (χ2n) is 0.445. The summed E-state index contributed by atoms with van der Waals surface area (Å²) >= 11 is 0. The molecule has 0 rings (SSSR count). The molecule has 0 aliphatic heterocycles. The molecule has 0 aromatic rings. The Morgan fingerprint density at radius 1 is 1.22 bits per heavy atom. The Bertz CT molecular complexity index is 54.9. The van der Waals surface area contributed by atoms with Gasteiger partial charge in [0.2, 0.25) is 0 Å². The van der Waals surface area contributed by atoms with Crippen LogP contribution in [0.15, 0.2) is 0 Å². The Kier molecular flexibility index (Phi) is 13.7. The minimum Gasteiger partial charge on any atom is -0.495 e. The summed E-state index contributed by atoms with van der Waals surface area (Å²) < 4.78 is 0. The molecular formula is CHCoO7-. The smallest absolute Gasteiger partial charge is 0.00477 e. The molecule has 0 aliphatic carbocycles. The third-order valence-corrected chi connectivity index (χ3v) is 0.154. The maximum atomic E-state index is 9.06. The molecule has 0 amide bonds. The summed E-state index contributed by atoms with van der Waals surface area (Å²) in [5.41, 5.74) is 0. The van der Waals surface area contributed by atoms with Crippen LogP contribution in [0.2, 0.25) is 0 Å². The van der Waals surface area contributed by atoms with Gasteiger partial charge < -0.3 is 9.68 Å². The fourth-order valence-corrected chi connectivity index (χ4v) is 0.0515. The van der Waals surface area contributed by atoms with Crippen LogP contribution in [-0.4, -0.2) is 11.7 Å². The molecule has 57 valence electrons. The predicted molar refractivity (Wildman–Crippen MR) is 13.7 cm³/mol. The van der Waals surface area contributed by atoms with E-state index in [9.17, 15) is 0 Å². The Labute approximate surface area is 59.2 Å². The summed E-state index contributed by atoms with van der Waals surface area (Å²) in [5.74, 6) is 0. The average Bonchev–Trinajstić information content (AvgIpc) is 1.81. The summed E-state index contributed by atoms with van der Waals surface area (Å²) in [6, 6.07) is 0. The molecule has 0 fully saturated rings. The fourth-order valence-electron chi connectivity index (χ4n) is 0.0515. The summed E-state index contributed by atoms with van der Waals surface area (Å²) in [4.78, 5) is 12.3. The minimum absolute atomic E-state index is 0. The second-order valence-corrected chi connectivity index (χ2v) is 0.445. The number of rotatable bonds is 5. The molecule has 0 aromatic carbocycles.